The molecule has 2 aliphatic heterocycles. The van der Waals surface area contributed by atoms with E-state index in [0.717, 1.165) is 0 Å². The second kappa shape index (κ2) is 23.9. The first-order valence-corrected chi connectivity index (χ1v) is 17.3. The number of aliphatic carboxylic acids is 6. The van der Waals surface area contributed by atoms with Gasteiger partial charge in [-0.05, 0) is 19.5 Å². The molecule has 20 nitrogen and oxygen atoms in total. The Bertz CT molecular complexity index is 986. The van der Waals surface area contributed by atoms with Crippen molar-refractivity contribution in [3.63, 3.8) is 0 Å². The van der Waals surface area contributed by atoms with Crippen molar-refractivity contribution in [2.75, 3.05) is 157 Å². The summed E-state index contributed by atoms with van der Waals surface area (Å²) in [6.07, 6.45) is 0.675. The van der Waals surface area contributed by atoms with Gasteiger partial charge in [0.2, 0.25) is 0 Å². The molecule has 0 aliphatic carbocycles. The van der Waals surface area contributed by atoms with Gasteiger partial charge in [0.15, 0.2) is 0 Å². The molecule has 0 saturated carbocycles. The second-order valence-electron chi connectivity index (χ2n) is 13.1. The average Bonchev–Trinajstić information content (AvgIpc) is 3.01. The molecule has 0 aromatic heterocycles. The minimum Gasteiger partial charge on any atom is -0.480 e. The number of nitrogens with zero attached hydrogens (tertiary/aromatic N) is 8. The van der Waals surface area contributed by atoms with Crippen LogP contribution in [0.2, 0.25) is 0 Å². The van der Waals surface area contributed by atoms with E-state index in [2.05, 4.69) is 9.80 Å². The first-order valence-electron chi connectivity index (χ1n) is 17.3. The molecule has 0 bridgehead atoms. The Balaban J connectivity index is 2.16. The third-order valence-electron chi connectivity index (χ3n) is 8.96. The molecular formula is C31H56N8O12. The fourth-order valence-electron chi connectivity index (χ4n) is 6.22. The minimum atomic E-state index is -1.02. The topological polar surface area (TPSA) is 250 Å². The highest BCUT2D eigenvalue weighted by molar-refractivity contribution is 5.70. The second-order valence-corrected chi connectivity index (χ2v) is 13.1. The highest BCUT2D eigenvalue weighted by Crippen LogP contribution is 2.06. The van der Waals surface area contributed by atoms with Gasteiger partial charge in [-0.15, -0.1) is 0 Å². The van der Waals surface area contributed by atoms with Crippen LogP contribution in [0.25, 0.3) is 0 Å². The lowest BCUT2D eigenvalue weighted by Crippen LogP contribution is -2.49. The highest BCUT2D eigenvalue weighted by Gasteiger charge is 2.22. The summed E-state index contributed by atoms with van der Waals surface area (Å²) in [4.78, 5) is 84.1. The normalized spacial score (nSPS) is 20.7. The Morgan fingerprint density at radius 2 is 0.412 bits per heavy atom. The first-order chi connectivity index (χ1) is 24.2. The van der Waals surface area contributed by atoms with Crippen molar-refractivity contribution in [2.24, 2.45) is 0 Å². The molecule has 2 heterocycles. The lowest BCUT2D eigenvalue weighted by Gasteiger charge is -2.34. The van der Waals surface area contributed by atoms with Crippen LogP contribution in [-0.2, 0) is 28.8 Å². The monoisotopic (exact) mass is 732 g/mol. The van der Waals surface area contributed by atoms with Crippen molar-refractivity contribution in [3.8, 4) is 0 Å². The Morgan fingerprint density at radius 3 is 0.549 bits per heavy atom. The minimum absolute atomic E-state index is 0.207. The summed E-state index contributed by atoms with van der Waals surface area (Å²) in [5.74, 6) is -6.03. The number of hydrogen-bond donors (Lipinski definition) is 6. The van der Waals surface area contributed by atoms with Crippen LogP contribution in [0.5, 0.6) is 0 Å². The van der Waals surface area contributed by atoms with Crippen molar-refractivity contribution in [1.29, 1.82) is 0 Å². The lowest BCUT2D eigenvalue weighted by atomic mass is 10.2. The summed E-state index contributed by atoms with van der Waals surface area (Å²) in [5.41, 5.74) is 0. The van der Waals surface area contributed by atoms with Crippen LogP contribution in [0.3, 0.4) is 0 Å². The van der Waals surface area contributed by atoms with E-state index in [-0.39, 0.29) is 39.3 Å². The fourth-order valence-corrected chi connectivity index (χ4v) is 6.22. The molecule has 0 amide bonds. The molecule has 0 radical (unpaired) electrons. The zero-order valence-corrected chi connectivity index (χ0v) is 29.4. The standard InChI is InChI=1S/C31H56N8O12/c40-26(41)20-34-8-4-32(5-9-35(21-27(42)43)13-17-38(16-12-34)24-30(48)49)2-1-3-33-6-10-36(22-28(44)45)14-18-39(25-31(50)51)19-15-37(11-7-33)23-29(46)47/h1-25H2,(H,40,41)(H,42,43)(H,44,45)(H,46,47)(H,48,49)(H,50,51). The molecule has 2 fully saturated rings. The molecule has 0 unspecified atom stereocenters. The number of hydrogen-bond acceptors (Lipinski definition) is 14. The van der Waals surface area contributed by atoms with E-state index in [1.165, 1.54) is 0 Å². The van der Waals surface area contributed by atoms with Crippen LogP contribution < -0.4 is 0 Å². The predicted molar refractivity (Wildman–Crippen MR) is 182 cm³/mol. The van der Waals surface area contributed by atoms with Gasteiger partial charge >= 0.3 is 35.8 Å². The summed E-state index contributed by atoms with van der Waals surface area (Å²) >= 11 is 0. The molecule has 51 heavy (non-hydrogen) atoms. The number of carbonyl (C=O) groups is 6. The van der Waals surface area contributed by atoms with Crippen LogP contribution in [0.4, 0.5) is 0 Å². The fraction of sp³-hybridized carbons (Fsp3) is 0.806. The van der Waals surface area contributed by atoms with E-state index >= 15 is 0 Å². The van der Waals surface area contributed by atoms with Crippen molar-refractivity contribution in [3.05, 3.63) is 0 Å². The largest absolute Gasteiger partial charge is 0.480 e. The summed E-state index contributed by atoms with van der Waals surface area (Å²) in [7, 11) is 0. The van der Waals surface area contributed by atoms with Crippen molar-refractivity contribution in [1.82, 2.24) is 39.2 Å². The molecule has 0 atom stereocenters. The number of rotatable bonds is 16. The molecule has 6 N–H and O–H groups in total. The maximum atomic E-state index is 11.6. The van der Waals surface area contributed by atoms with Crippen molar-refractivity contribution < 1.29 is 59.4 Å². The van der Waals surface area contributed by atoms with Gasteiger partial charge in [-0.1, -0.05) is 0 Å². The van der Waals surface area contributed by atoms with Crippen LogP contribution in [0.15, 0.2) is 0 Å². The quantitative estimate of drug-likeness (QED) is 0.0894. The van der Waals surface area contributed by atoms with E-state index in [1.54, 1.807) is 29.4 Å². The molecule has 0 aromatic carbocycles. The molecule has 0 aromatic rings. The van der Waals surface area contributed by atoms with Gasteiger partial charge in [0.05, 0.1) is 39.3 Å². The maximum absolute atomic E-state index is 11.6. The molecule has 20 heteroatoms. The molecule has 2 rings (SSSR count). The summed E-state index contributed by atoms with van der Waals surface area (Å²) in [6, 6.07) is 0. The smallest absolute Gasteiger partial charge is 0.317 e. The zero-order chi connectivity index (χ0) is 37.8. The maximum Gasteiger partial charge on any atom is 0.317 e. The van der Waals surface area contributed by atoms with Crippen LogP contribution >= 0.6 is 0 Å². The zero-order valence-electron chi connectivity index (χ0n) is 29.4. The van der Waals surface area contributed by atoms with E-state index < -0.39 is 35.8 Å². The van der Waals surface area contributed by atoms with Gasteiger partial charge in [0, 0.05) is 105 Å². The molecule has 292 valence electrons. The van der Waals surface area contributed by atoms with Gasteiger partial charge in [-0.25, -0.2) is 0 Å². The summed E-state index contributed by atoms with van der Waals surface area (Å²) in [5, 5.41) is 56.7. The SMILES string of the molecule is O=C(O)CN1CCN(CCCN2CCN(CC(=O)O)CCN(CC(=O)O)CCN(CC(=O)O)CC2)CCN(CC(=O)O)CCN(CC(=O)O)CC1. The number of carboxylic acid groups (broad SMARTS) is 6. The highest BCUT2D eigenvalue weighted by atomic mass is 16.4. The van der Waals surface area contributed by atoms with Gasteiger partial charge in [-0.2, -0.15) is 0 Å². The van der Waals surface area contributed by atoms with E-state index in [9.17, 15) is 59.4 Å². The van der Waals surface area contributed by atoms with E-state index in [0.29, 0.717) is 124 Å². The van der Waals surface area contributed by atoms with Crippen LogP contribution in [-0.4, -0.2) is 263 Å². The van der Waals surface area contributed by atoms with E-state index in [4.69, 9.17) is 0 Å². The molecular weight excluding hydrogens is 676 g/mol. The molecule has 2 aliphatic rings. The summed E-state index contributed by atoms with van der Waals surface area (Å²) in [6.45, 7) is 6.07. The Hall–Kier alpha value is -3.50. The van der Waals surface area contributed by atoms with Gasteiger partial charge in [0.25, 0.3) is 0 Å². The van der Waals surface area contributed by atoms with Crippen molar-refractivity contribution in [2.45, 2.75) is 6.42 Å². The van der Waals surface area contributed by atoms with Gasteiger partial charge < -0.3 is 40.4 Å². The number of carboxylic acids is 6. The van der Waals surface area contributed by atoms with Crippen LogP contribution in [0, 0.1) is 0 Å². The van der Waals surface area contributed by atoms with Crippen LogP contribution in [0.1, 0.15) is 6.42 Å². The molecule has 0 spiro atoms. The average molecular weight is 733 g/mol. The third kappa shape index (κ3) is 20.8. The van der Waals surface area contributed by atoms with Crippen molar-refractivity contribution >= 4 is 35.8 Å². The Morgan fingerprint density at radius 1 is 0.275 bits per heavy atom. The third-order valence-corrected chi connectivity index (χ3v) is 8.96. The Labute approximate surface area is 297 Å². The first kappa shape index (κ1) is 43.7. The summed E-state index contributed by atoms with van der Waals surface area (Å²) < 4.78 is 0. The lowest BCUT2D eigenvalue weighted by molar-refractivity contribution is -0.140. The predicted octanol–water partition coefficient (Wildman–Crippen LogP) is -3.67. The molecule has 2 saturated heterocycles. The van der Waals surface area contributed by atoms with Gasteiger partial charge in [-0.3, -0.25) is 58.2 Å². The van der Waals surface area contributed by atoms with Gasteiger partial charge in [0.1, 0.15) is 0 Å². The Kier molecular flexibility index (Phi) is 20.4. The van der Waals surface area contributed by atoms with E-state index in [1.807, 2.05) is 0 Å².